The van der Waals surface area contributed by atoms with Crippen molar-refractivity contribution in [1.29, 1.82) is 0 Å². The lowest BCUT2D eigenvalue weighted by Crippen LogP contribution is -2.38. The minimum absolute atomic E-state index is 0.163. The molecule has 4 aliphatic rings. The number of nitrogens with zero attached hydrogens (tertiary/aromatic N) is 1. The first-order chi connectivity index (χ1) is 12.4. The van der Waals surface area contributed by atoms with Gasteiger partial charge in [0, 0.05) is 38.2 Å². The summed E-state index contributed by atoms with van der Waals surface area (Å²) >= 11 is 0. The second-order valence-electron chi connectivity index (χ2n) is 7.68. The van der Waals surface area contributed by atoms with E-state index in [0.29, 0.717) is 5.92 Å². The fourth-order valence-electron chi connectivity index (χ4n) is 5.46. The zero-order valence-electron chi connectivity index (χ0n) is 15.1. The molecule has 3 nitrogen and oxygen atoms in total. The van der Waals surface area contributed by atoms with Gasteiger partial charge in [-0.15, -0.1) is 0 Å². The molecule has 3 aliphatic carbocycles. The third kappa shape index (κ3) is 2.40. The second-order valence-corrected chi connectivity index (χ2v) is 7.68. The molecule has 0 N–H and O–H groups in total. The normalized spacial score (nSPS) is 28.8. The number of rotatable bonds is 2. The van der Waals surface area contributed by atoms with Gasteiger partial charge in [0.15, 0.2) is 0 Å². The third-order valence-corrected chi connectivity index (χ3v) is 6.53. The standard InChI is InChI=1S/C22H27NO2/c1-24-22-18-9-5-2-6-15(18)19-14-20(23-10-12-25-13-11-23)16-7-3-4-8-17(16)21(19)22/h2,5-6,9,17,22H,3-4,7-8,10-14H2,1H3/t17-,22+/m1/s1. The van der Waals surface area contributed by atoms with Crippen molar-refractivity contribution >= 4 is 5.57 Å². The number of morpholine rings is 1. The van der Waals surface area contributed by atoms with Gasteiger partial charge in [0.1, 0.15) is 6.10 Å². The van der Waals surface area contributed by atoms with E-state index in [1.807, 2.05) is 7.11 Å². The third-order valence-electron chi connectivity index (χ3n) is 6.53. The van der Waals surface area contributed by atoms with Crippen molar-refractivity contribution in [3.63, 3.8) is 0 Å². The molecule has 2 atom stereocenters. The van der Waals surface area contributed by atoms with Gasteiger partial charge < -0.3 is 14.4 Å². The Hall–Kier alpha value is -1.58. The number of methoxy groups -OCH3 is 1. The Kier molecular flexibility index (Phi) is 3.94. The van der Waals surface area contributed by atoms with E-state index in [-0.39, 0.29) is 6.10 Å². The molecule has 5 rings (SSSR count). The van der Waals surface area contributed by atoms with Gasteiger partial charge in [-0.1, -0.05) is 30.7 Å². The first-order valence-corrected chi connectivity index (χ1v) is 9.78. The van der Waals surface area contributed by atoms with Crippen molar-refractivity contribution in [2.45, 2.75) is 38.2 Å². The summed E-state index contributed by atoms with van der Waals surface area (Å²) < 4.78 is 11.6. The van der Waals surface area contributed by atoms with Crippen molar-refractivity contribution in [2.24, 2.45) is 5.92 Å². The van der Waals surface area contributed by atoms with Gasteiger partial charge in [0.05, 0.1) is 13.2 Å². The molecule has 25 heavy (non-hydrogen) atoms. The molecule has 0 spiro atoms. The van der Waals surface area contributed by atoms with E-state index in [1.165, 1.54) is 36.8 Å². The van der Waals surface area contributed by atoms with Crippen molar-refractivity contribution in [2.75, 3.05) is 33.4 Å². The first kappa shape index (κ1) is 15.7. The van der Waals surface area contributed by atoms with Crippen LogP contribution in [-0.4, -0.2) is 38.3 Å². The van der Waals surface area contributed by atoms with Crippen LogP contribution in [0.5, 0.6) is 0 Å². The molecule has 3 heteroatoms. The summed E-state index contributed by atoms with van der Waals surface area (Å²) in [5.41, 5.74) is 9.26. The van der Waals surface area contributed by atoms with E-state index in [4.69, 9.17) is 9.47 Å². The zero-order valence-corrected chi connectivity index (χ0v) is 15.1. The van der Waals surface area contributed by atoms with Crippen LogP contribution in [0.15, 0.2) is 41.1 Å². The summed E-state index contributed by atoms with van der Waals surface area (Å²) in [6.45, 7) is 3.82. The predicted molar refractivity (Wildman–Crippen MR) is 99.1 cm³/mol. The number of hydrogen-bond acceptors (Lipinski definition) is 3. The van der Waals surface area contributed by atoms with Gasteiger partial charge in [0.2, 0.25) is 0 Å². The van der Waals surface area contributed by atoms with E-state index >= 15 is 0 Å². The highest BCUT2D eigenvalue weighted by molar-refractivity contribution is 5.81. The van der Waals surface area contributed by atoms with E-state index in [0.717, 1.165) is 32.7 Å². The maximum atomic E-state index is 6.02. The van der Waals surface area contributed by atoms with Gasteiger partial charge in [-0.2, -0.15) is 0 Å². The molecule has 1 aromatic rings. The summed E-state index contributed by atoms with van der Waals surface area (Å²) in [6, 6.07) is 8.89. The van der Waals surface area contributed by atoms with Crippen molar-refractivity contribution in [1.82, 2.24) is 4.90 Å². The fourth-order valence-corrected chi connectivity index (χ4v) is 5.46. The van der Waals surface area contributed by atoms with Crippen LogP contribution in [0.3, 0.4) is 0 Å². The average molecular weight is 337 g/mol. The maximum Gasteiger partial charge on any atom is 0.105 e. The van der Waals surface area contributed by atoms with Crippen LogP contribution in [0.4, 0.5) is 0 Å². The quantitative estimate of drug-likeness (QED) is 0.802. The maximum absolute atomic E-state index is 6.02. The molecule has 0 radical (unpaired) electrons. The average Bonchev–Trinajstić information content (AvgIpc) is 3.02. The molecule has 1 aromatic carbocycles. The molecule has 1 heterocycles. The van der Waals surface area contributed by atoms with Crippen molar-refractivity contribution in [3.8, 4) is 0 Å². The van der Waals surface area contributed by atoms with E-state index in [1.54, 1.807) is 22.4 Å². The molecule has 1 aliphatic heterocycles. The van der Waals surface area contributed by atoms with Crippen LogP contribution in [0, 0.1) is 5.92 Å². The molecular weight excluding hydrogens is 310 g/mol. The Balaban J connectivity index is 1.60. The summed E-state index contributed by atoms with van der Waals surface area (Å²) in [5, 5.41) is 0. The van der Waals surface area contributed by atoms with Crippen molar-refractivity contribution < 1.29 is 9.47 Å². The number of benzene rings is 1. The van der Waals surface area contributed by atoms with Crippen molar-refractivity contribution in [3.05, 3.63) is 52.2 Å². The Bertz CT molecular complexity index is 742. The van der Waals surface area contributed by atoms with Gasteiger partial charge in [-0.3, -0.25) is 0 Å². The van der Waals surface area contributed by atoms with Crippen LogP contribution in [0.1, 0.15) is 49.3 Å². The van der Waals surface area contributed by atoms with Crippen LogP contribution in [0.2, 0.25) is 0 Å². The highest BCUT2D eigenvalue weighted by Crippen LogP contribution is 2.56. The summed E-state index contributed by atoms with van der Waals surface area (Å²) in [5.74, 6) is 0.590. The largest absolute Gasteiger partial charge is 0.378 e. The van der Waals surface area contributed by atoms with Crippen LogP contribution in [-0.2, 0) is 9.47 Å². The van der Waals surface area contributed by atoms with Gasteiger partial charge in [-0.05, 0) is 47.1 Å². The molecule has 2 fully saturated rings. The molecule has 0 bridgehead atoms. The number of fused-ring (bicyclic) bond motifs is 4. The van der Waals surface area contributed by atoms with Gasteiger partial charge >= 0.3 is 0 Å². The lowest BCUT2D eigenvalue weighted by molar-refractivity contribution is 0.0512. The predicted octanol–water partition coefficient (Wildman–Crippen LogP) is 4.32. The van der Waals surface area contributed by atoms with E-state index < -0.39 is 0 Å². The monoisotopic (exact) mass is 337 g/mol. The molecule has 0 unspecified atom stereocenters. The van der Waals surface area contributed by atoms with E-state index in [9.17, 15) is 0 Å². The number of hydrogen-bond donors (Lipinski definition) is 0. The van der Waals surface area contributed by atoms with Gasteiger partial charge in [0.25, 0.3) is 0 Å². The Morgan fingerprint density at radius 2 is 1.96 bits per heavy atom. The lowest BCUT2D eigenvalue weighted by atomic mass is 9.72. The first-order valence-electron chi connectivity index (χ1n) is 9.78. The lowest BCUT2D eigenvalue weighted by Gasteiger charge is -2.41. The topological polar surface area (TPSA) is 21.7 Å². The highest BCUT2D eigenvalue weighted by Gasteiger charge is 2.42. The summed E-state index contributed by atoms with van der Waals surface area (Å²) in [6.07, 6.45) is 6.48. The van der Waals surface area contributed by atoms with Crippen LogP contribution in [0.25, 0.3) is 5.57 Å². The molecule has 0 amide bonds. The summed E-state index contributed by atoms with van der Waals surface area (Å²) in [7, 11) is 1.88. The fraction of sp³-hybridized carbons (Fsp3) is 0.545. The van der Waals surface area contributed by atoms with Gasteiger partial charge in [-0.25, -0.2) is 0 Å². The Morgan fingerprint density at radius 1 is 1.12 bits per heavy atom. The Morgan fingerprint density at radius 3 is 2.80 bits per heavy atom. The zero-order chi connectivity index (χ0) is 16.8. The smallest absolute Gasteiger partial charge is 0.105 e. The molecule has 1 saturated carbocycles. The molecule has 0 aromatic heterocycles. The SMILES string of the molecule is CO[C@@H]1C2=C(CC(N3CCOCC3)=C3CCCC[C@H]32)c2ccccc21. The number of ether oxygens (including phenoxy) is 2. The minimum atomic E-state index is 0.163. The van der Waals surface area contributed by atoms with Crippen LogP contribution < -0.4 is 0 Å². The highest BCUT2D eigenvalue weighted by atomic mass is 16.5. The summed E-state index contributed by atoms with van der Waals surface area (Å²) in [4.78, 5) is 2.61. The number of allylic oxidation sites excluding steroid dienone is 2. The Labute approximate surface area is 150 Å². The minimum Gasteiger partial charge on any atom is -0.378 e. The molecular formula is C22H27NO2. The molecule has 132 valence electrons. The molecule has 1 saturated heterocycles. The van der Waals surface area contributed by atoms with E-state index in [2.05, 4.69) is 29.2 Å². The van der Waals surface area contributed by atoms with Crippen LogP contribution >= 0.6 is 0 Å². The second kappa shape index (κ2) is 6.30.